The Labute approximate surface area is 120 Å². The van der Waals surface area contributed by atoms with E-state index in [1.54, 1.807) is 19.1 Å². The van der Waals surface area contributed by atoms with E-state index in [1.165, 1.54) is 11.8 Å². The second-order valence-corrected chi connectivity index (χ2v) is 5.89. The molecule has 1 N–H and O–H groups in total. The molecule has 0 spiro atoms. The maximum absolute atomic E-state index is 12.0. The van der Waals surface area contributed by atoms with Crippen LogP contribution < -0.4 is 5.32 Å². The molecular formula is C13H13ClN2O2S. The van der Waals surface area contributed by atoms with Gasteiger partial charge in [-0.25, -0.2) is 0 Å². The lowest BCUT2D eigenvalue weighted by Gasteiger charge is -2.10. The summed E-state index contributed by atoms with van der Waals surface area (Å²) >= 11 is 7.34. The Hall–Kier alpha value is -1.46. The van der Waals surface area contributed by atoms with E-state index >= 15 is 0 Å². The number of anilines is 1. The van der Waals surface area contributed by atoms with Crippen molar-refractivity contribution in [3.63, 3.8) is 0 Å². The van der Waals surface area contributed by atoms with Crippen molar-refractivity contribution < 1.29 is 9.32 Å². The van der Waals surface area contributed by atoms with Crippen molar-refractivity contribution in [1.82, 2.24) is 5.16 Å². The molecule has 0 saturated carbocycles. The minimum Gasteiger partial charge on any atom is -0.338 e. The van der Waals surface area contributed by atoms with Crippen LogP contribution in [0.5, 0.6) is 0 Å². The standard InChI is InChI=1S/C13H13ClN2O2S/c1-8-6-12(18-16-8)15-13(17)9(2)19-11-5-3-4-10(14)7-11/h3-7,9H,1-2H3,(H,15,17). The average Bonchev–Trinajstić information content (AvgIpc) is 2.74. The Balaban J connectivity index is 1.96. The molecule has 0 aliphatic carbocycles. The number of hydrogen-bond acceptors (Lipinski definition) is 4. The molecule has 19 heavy (non-hydrogen) atoms. The number of carbonyl (C=O) groups excluding carboxylic acids is 1. The second kappa shape index (κ2) is 6.12. The summed E-state index contributed by atoms with van der Waals surface area (Å²) in [5, 5.41) is 6.78. The van der Waals surface area contributed by atoms with Crippen LogP contribution in [0.4, 0.5) is 5.88 Å². The van der Waals surface area contributed by atoms with Crippen molar-refractivity contribution in [3.8, 4) is 0 Å². The Bertz CT molecular complexity index is 586. The second-order valence-electron chi connectivity index (χ2n) is 4.04. The molecule has 1 aromatic carbocycles. The Kier molecular flexibility index (Phi) is 4.50. The molecule has 0 fully saturated rings. The maximum atomic E-state index is 12.0. The summed E-state index contributed by atoms with van der Waals surface area (Å²) in [5.74, 6) is 0.224. The van der Waals surface area contributed by atoms with Crippen molar-refractivity contribution in [2.75, 3.05) is 5.32 Å². The van der Waals surface area contributed by atoms with E-state index in [1.807, 2.05) is 25.1 Å². The number of nitrogens with one attached hydrogen (secondary N) is 1. The monoisotopic (exact) mass is 296 g/mol. The van der Waals surface area contributed by atoms with Gasteiger partial charge in [0.25, 0.3) is 0 Å². The number of thioether (sulfide) groups is 1. The van der Waals surface area contributed by atoms with E-state index in [0.29, 0.717) is 10.9 Å². The third-order valence-corrected chi connectivity index (χ3v) is 3.68. The fourth-order valence-corrected chi connectivity index (χ4v) is 2.62. The van der Waals surface area contributed by atoms with Crippen LogP contribution in [0.1, 0.15) is 12.6 Å². The predicted molar refractivity (Wildman–Crippen MR) is 76.6 cm³/mol. The van der Waals surface area contributed by atoms with Crippen molar-refractivity contribution in [2.45, 2.75) is 24.0 Å². The zero-order valence-corrected chi connectivity index (χ0v) is 12.1. The molecule has 2 rings (SSSR count). The molecule has 0 aliphatic heterocycles. The smallest absolute Gasteiger partial charge is 0.239 e. The molecular weight excluding hydrogens is 284 g/mol. The van der Waals surface area contributed by atoms with Gasteiger partial charge in [-0.15, -0.1) is 11.8 Å². The molecule has 1 atom stereocenters. The van der Waals surface area contributed by atoms with Gasteiger partial charge in [0.1, 0.15) is 0 Å². The third kappa shape index (κ3) is 4.01. The number of benzene rings is 1. The first-order valence-corrected chi connectivity index (χ1v) is 6.97. The highest BCUT2D eigenvalue weighted by Gasteiger charge is 2.16. The lowest BCUT2D eigenvalue weighted by atomic mass is 10.4. The molecule has 100 valence electrons. The van der Waals surface area contributed by atoms with E-state index in [9.17, 15) is 4.79 Å². The molecule has 0 aliphatic rings. The predicted octanol–water partition coefficient (Wildman–Crippen LogP) is 3.76. The molecule has 2 aromatic rings. The summed E-state index contributed by atoms with van der Waals surface area (Å²) in [5.41, 5.74) is 0.727. The van der Waals surface area contributed by atoms with Gasteiger partial charge in [-0.2, -0.15) is 0 Å². The van der Waals surface area contributed by atoms with Crippen molar-refractivity contribution in [3.05, 3.63) is 41.0 Å². The number of rotatable bonds is 4. The van der Waals surface area contributed by atoms with Crippen LogP contribution in [0.2, 0.25) is 5.02 Å². The molecule has 0 bridgehead atoms. The first kappa shape index (κ1) is 14.0. The minimum absolute atomic E-state index is 0.138. The van der Waals surface area contributed by atoms with Gasteiger partial charge in [-0.3, -0.25) is 10.1 Å². The highest BCUT2D eigenvalue weighted by molar-refractivity contribution is 8.00. The van der Waals surface area contributed by atoms with Crippen molar-refractivity contribution in [2.24, 2.45) is 0 Å². The van der Waals surface area contributed by atoms with Gasteiger partial charge < -0.3 is 4.52 Å². The topological polar surface area (TPSA) is 55.1 Å². The summed E-state index contributed by atoms with van der Waals surface area (Å²) in [6, 6.07) is 9.07. The third-order valence-electron chi connectivity index (χ3n) is 2.35. The lowest BCUT2D eigenvalue weighted by molar-refractivity contribution is -0.115. The van der Waals surface area contributed by atoms with E-state index in [0.717, 1.165) is 10.6 Å². The largest absolute Gasteiger partial charge is 0.338 e. The minimum atomic E-state index is -0.260. The number of aromatic nitrogens is 1. The van der Waals surface area contributed by atoms with Crippen LogP contribution in [-0.2, 0) is 4.79 Å². The molecule has 1 aromatic heterocycles. The molecule has 0 saturated heterocycles. The number of aryl methyl sites for hydroxylation is 1. The zero-order valence-electron chi connectivity index (χ0n) is 10.5. The first-order valence-electron chi connectivity index (χ1n) is 5.71. The zero-order chi connectivity index (χ0) is 13.8. The van der Waals surface area contributed by atoms with Gasteiger partial charge in [-0.1, -0.05) is 22.8 Å². The van der Waals surface area contributed by atoms with Crippen molar-refractivity contribution in [1.29, 1.82) is 0 Å². The Morgan fingerprint density at radius 3 is 2.89 bits per heavy atom. The summed E-state index contributed by atoms with van der Waals surface area (Å²) in [6.45, 7) is 3.62. The van der Waals surface area contributed by atoms with Crippen LogP contribution in [0.3, 0.4) is 0 Å². The highest BCUT2D eigenvalue weighted by atomic mass is 35.5. The fraction of sp³-hybridized carbons (Fsp3) is 0.231. The normalized spacial score (nSPS) is 12.2. The summed E-state index contributed by atoms with van der Waals surface area (Å²) < 4.78 is 4.94. The number of carbonyl (C=O) groups is 1. The summed E-state index contributed by atoms with van der Waals surface area (Å²) in [6.07, 6.45) is 0. The van der Waals surface area contributed by atoms with Gasteiger partial charge in [0.2, 0.25) is 11.8 Å². The first-order chi connectivity index (χ1) is 9.04. The summed E-state index contributed by atoms with van der Waals surface area (Å²) in [7, 11) is 0. The number of nitrogens with zero attached hydrogens (tertiary/aromatic N) is 1. The van der Waals surface area contributed by atoms with E-state index in [2.05, 4.69) is 10.5 Å². The molecule has 6 heteroatoms. The summed E-state index contributed by atoms with van der Waals surface area (Å²) in [4.78, 5) is 12.9. The van der Waals surface area contributed by atoms with Crippen LogP contribution >= 0.6 is 23.4 Å². The molecule has 1 unspecified atom stereocenters. The van der Waals surface area contributed by atoms with Crippen LogP contribution in [-0.4, -0.2) is 16.3 Å². The Morgan fingerprint density at radius 2 is 2.26 bits per heavy atom. The molecule has 4 nitrogen and oxygen atoms in total. The van der Waals surface area contributed by atoms with Gasteiger partial charge in [0, 0.05) is 16.0 Å². The SMILES string of the molecule is Cc1cc(NC(=O)C(C)Sc2cccc(Cl)c2)on1. The van der Waals surface area contributed by atoms with Crippen LogP contribution in [0.25, 0.3) is 0 Å². The van der Waals surface area contributed by atoms with E-state index < -0.39 is 0 Å². The molecule has 0 radical (unpaired) electrons. The maximum Gasteiger partial charge on any atom is 0.239 e. The van der Waals surface area contributed by atoms with Crippen molar-refractivity contribution >= 4 is 35.2 Å². The fourth-order valence-electron chi connectivity index (χ4n) is 1.44. The number of halogens is 1. The molecule has 1 amide bonds. The number of hydrogen-bond donors (Lipinski definition) is 1. The van der Waals surface area contributed by atoms with E-state index in [4.69, 9.17) is 16.1 Å². The van der Waals surface area contributed by atoms with Gasteiger partial charge in [-0.05, 0) is 32.0 Å². The highest BCUT2D eigenvalue weighted by Crippen LogP contribution is 2.26. The van der Waals surface area contributed by atoms with E-state index in [-0.39, 0.29) is 11.2 Å². The van der Waals surface area contributed by atoms with Crippen LogP contribution in [0.15, 0.2) is 39.8 Å². The van der Waals surface area contributed by atoms with Gasteiger partial charge in [0.15, 0.2) is 0 Å². The quantitative estimate of drug-likeness (QED) is 0.873. The van der Waals surface area contributed by atoms with Gasteiger partial charge in [0.05, 0.1) is 10.9 Å². The number of amides is 1. The van der Waals surface area contributed by atoms with Gasteiger partial charge >= 0.3 is 0 Å². The lowest BCUT2D eigenvalue weighted by Crippen LogP contribution is -2.22. The Morgan fingerprint density at radius 1 is 1.47 bits per heavy atom. The molecule has 1 heterocycles. The van der Waals surface area contributed by atoms with Crippen LogP contribution in [0, 0.1) is 6.92 Å². The average molecular weight is 297 g/mol.